The van der Waals surface area contributed by atoms with Crippen molar-refractivity contribution in [3.8, 4) is 0 Å². The minimum atomic E-state index is -1.41. The number of carboxylic acids is 2. The summed E-state index contributed by atoms with van der Waals surface area (Å²) in [6.45, 7) is 3.65. The summed E-state index contributed by atoms with van der Waals surface area (Å²) in [5.74, 6) is -3.06. The number of carbonyl (C=O) groups is 2. The fourth-order valence-corrected chi connectivity index (χ4v) is 6.22. The Kier molecular flexibility index (Phi) is 8.03. The smallest absolute Gasteiger partial charge is 0.333 e. The lowest BCUT2D eigenvalue weighted by Crippen LogP contribution is -2.57. The fraction of sp³-hybridized carbons (Fsp3) is 0.290. The third-order valence-electron chi connectivity index (χ3n) is 7.69. The molecule has 0 amide bonds. The molecule has 3 N–H and O–H groups in total. The Balaban J connectivity index is 1.88. The summed E-state index contributed by atoms with van der Waals surface area (Å²) in [7, 11) is 0. The van der Waals surface area contributed by atoms with E-state index in [2.05, 4.69) is 29.6 Å². The number of halogens is 1. The molecular weight excluding hydrogens is 486 g/mol. The van der Waals surface area contributed by atoms with Gasteiger partial charge in [-0.25, -0.2) is 4.79 Å². The fourth-order valence-electron chi connectivity index (χ4n) is 6.02. The van der Waals surface area contributed by atoms with Gasteiger partial charge in [-0.05, 0) is 55.0 Å². The Hall–Kier alpha value is -3.57. The Bertz CT molecular complexity index is 1250. The zero-order valence-electron chi connectivity index (χ0n) is 21.0. The highest BCUT2D eigenvalue weighted by Crippen LogP contribution is 2.53. The van der Waals surface area contributed by atoms with Crippen molar-refractivity contribution < 1.29 is 19.8 Å². The molecular formula is C31H32ClNO4. The van der Waals surface area contributed by atoms with Gasteiger partial charge in [-0.1, -0.05) is 91.3 Å². The molecule has 0 fully saturated rings. The van der Waals surface area contributed by atoms with Crippen molar-refractivity contribution in [2.45, 2.75) is 51.0 Å². The van der Waals surface area contributed by atoms with Crippen LogP contribution in [0.5, 0.6) is 0 Å². The Morgan fingerprint density at radius 3 is 2.03 bits per heavy atom. The lowest BCUT2D eigenvalue weighted by atomic mass is 9.58. The van der Waals surface area contributed by atoms with Gasteiger partial charge in [0.1, 0.15) is 0 Å². The number of aliphatic carboxylic acids is 2. The summed E-state index contributed by atoms with van der Waals surface area (Å²) in [4.78, 5) is 26.0. The van der Waals surface area contributed by atoms with Gasteiger partial charge in [0.15, 0.2) is 0 Å². The van der Waals surface area contributed by atoms with E-state index in [-0.39, 0.29) is 17.9 Å². The van der Waals surface area contributed by atoms with E-state index in [1.54, 1.807) is 31.2 Å². The van der Waals surface area contributed by atoms with E-state index < -0.39 is 29.3 Å². The largest absolute Gasteiger partial charge is 0.481 e. The average molecular weight is 518 g/mol. The van der Waals surface area contributed by atoms with Crippen LogP contribution in [-0.2, 0) is 9.59 Å². The summed E-state index contributed by atoms with van der Waals surface area (Å²) in [5, 5.41) is 24.9. The van der Waals surface area contributed by atoms with E-state index >= 15 is 0 Å². The highest BCUT2D eigenvalue weighted by atomic mass is 35.5. The summed E-state index contributed by atoms with van der Waals surface area (Å²) < 4.78 is 0. The van der Waals surface area contributed by atoms with Crippen molar-refractivity contribution in [2.24, 2.45) is 5.41 Å². The lowest BCUT2D eigenvalue weighted by Gasteiger charge is -2.48. The summed E-state index contributed by atoms with van der Waals surface area (Å²) in [6, 6.07) is 26.6. The quantitative estimate of drug-likeness (QED) is 0.289. The molecule has 0 aliphatic carbocycles. The van der Waals surface area contributed by atoms with Crippen LogP contribution in [-0.4, -0.2) is 28.2 Å². The molecule has 5 nitrogen and oxygen atoms in total. The molecule has 3 unspecified atom stereocenters. The number of allylic oxidation sites excluding steroid dienone is 1. The van der Waals surface area contributed by atoms with Crippen LogP contribution in [0.4, 0.5) is 0 Å². The number of hydrogen-bond acceptors (Lipinski definition) is 3. The number of nitrogens with one attached hydrogen (secondary N) is 1. The topological polar surface area (TPSA) is 86.6 Å². The van der Waals surface area contributed by atoms with Gasteiger partial charge in [-0.2, -0.15) is 0 Å². The van der Waals surface area contributed by atoms with Crippen molar-refractivity contribution in [1.29, 1.82) is 0 Å². The molecule has 1 aliphatic rings. The standard InChI is InChI=1S/C31H32ClNO4/c1-3-26-31(30(36)37,18-17-25(21-11-6-4-7-12-21)22-13-8-5-9-14-22)28(23-15-10-16-24(32)19-23)27(29(34)35)20(2)33-26/h4-16,19,25-26,28,33H,3,17-18H2,1-2H3,(H,34,35)(H,36,37). The zero-order chi connectivity index (χ0) is 26.6. The average Bonchev–Trinajstić information content (AvgIpc) is 2.89. The summed E-state index contributed by atoms with van der Waals surface area (Å²) in [5.41, 5.74) is 1.94. The normalized spacial score (nSPS) is 21.5. The molecule has 3 aromatic rings. The number of benzene rings is 3. The van der Waals surface area contributed by atoms with Crippen molar-refractivity contribution in [2.75, 3.05) is 0 Å². The third-order valence-corrected chi connectivity index (χ3v) is 7.92. The predicted octanol–water partition coefficient (Wildman–Crippen LogP) is 6.85. The first kappa shape index (κ1) is 26.5. The minimum absolute atomic E-state index is 0.0450. The van der Waals surface area contributed by atoms with Gasteiger partial charge in [0, 0.05) is 28.6 Å². The van der Waals surface area contributed by atoms with E-state index in [0.29, 0.717) is 29.1 Å². The van der Waals surface area contributed by atoms with E-state index in [1.165, 1.54) is 0 Å². The van der Waals surface area contributed by atoms with E-state index in [1.807, 2.05) is 43.3 Å². The number of carboxylic acid groups (broad SMARTS) is 2. The van der Waals surface area contributed by atoms with Crippen LogP contribution < -0.4 is 5.32 Å². The molecule has 1 heterocycles. The van der Waals surface area contributed by atoms with Crippen LogP contribution in [0.25, 0.3) is 0 Å². The maximum absolute atomic E-state index is 13.4. The molecule has 0 bridgehead atoms. The molecule has 0 radical (unpaired) electrons. The van der Waals surface area contributed by atoms with Crippen LogP contribution in [0.1, 0.15) is 61.6 Å². The molecule has 3 atom stereocenters. The summed E-state index contributed by atoms with van der Waals surface area (Å²) >= 11 is 6.33. The van der Waals surface area contributed by atoms with Gasteiger partial charge in [-0.15, -0.1) is 0 Å². The monoisotopic (exact) mass is 517 g/mol. The molecule has 0 saturated carbocycles. The predicted molar refractivity (Wildman–Crippen MR) is 146 cm³/mol. The molecule has 3 aromatic carbocycles. The van der Waals surface area contributed by atoms with E-state index in [9.17, 15) is 19.8 Å². The molecule has 37 heavy (non-hydrogen) atoms. The highest BCUT2D eigenvalue weighted by molar-refractivity contribution is 6.30. The second kappa shape index (κ2) is 11.2. The Morgan fingerprint density at radius 1 is 0.946 bits per heavy atom. The van der Waals surface area contributed by atoms with Crippen molar-refractivity contribution in [3.05, 3.63) is 118 Å². The van der Waals surface area contributed by atoms with Crippen LogP contribution in [0.2, 0.25) is 5.02 Å². The van der Waals surface area contributed by atoms with Crippen LogP contribution in [0, 0.1) is 5.41 Å². The number of hydrogen-bond donors (Lipinski definition) is 3. The van der Waals surface area contributed by atoms with Crippen LogP contribution in [0.3, 0.4) is 0 Å². The second-order valence-corrected chi connectivity index (χ2v) is 10.1. The van der Waals surface area contributed by atoms with Crippen molar-refractivity contribution in [3.63, 3.8) is 0 Å². The Labute approximate surface area is 222 Å². The minimum Gasteiger partial charge on any atom is -0.481 e. The molecule has 0 aromatic heterocycles. The molecule has 192 valence electrons. The second-order valence-electron chi connectivity index (χ2n) is 9.70. The molecule has 6 heteroatoms. The highest BCUT2D eigenvalue weighted by Gasteiger charge is 2.57. The maximum atomic E-state index is 13.4. The van der Waals surface area contributed by atoms with E-state index in [4.69, 9.17) is 11.6 Å². The first-order valence-corrected chi connectivity index (χ1v) is 13.0. The van der Waals surface area contributed by atoms with Gasteiger partial charge in [0.25, 0.3) is 0 Å². The zero-order valence-corrected chi connectivity index (χ0v) is 21.8. The van der Waals surface area contributed by atoms with Crippen LogP contribution >= 0.6 is 11.6 Å². The SMILES string of the molecule is CCC1NC(C)=C(C(=O)O)C(c2cccc(Cl)c2)C1(CCC(c1ccccc1)c1ccccc1)C(=O)O. The first-order valence-electron chi connectivity index (χ1n) is 12.6. The van der Waals surface area contributed by atoms with E-state index in [0.717, 1.165) is 11.1 Å². The van der Waals surface area contributed by atoms with Gasteiger partial charge in [0.2, 0.25) is 0 Å². The van der Waals surface area contributed by atoms with Gasteiger partial charge in [0.05, 0.1) is 11.0 Å². The molecule has 1 aliphatic heterocycles. The van der Waals surface area contributed by atoms with Crippen molar-refractivity contribution >= 4 is 23.5 Å². The summed E-state index contributed by atoms with van der Waals surface area (Å²) in [6.07, 6.45) is 1.32. The third kappa shape index (κ3) is 5.14. The van der Waals surface area contributed by atoms with Gasteiger partial charge in [-0.3, -0.25) is 4.79 Å². The van der Waals surface area contributed by atoms with Gasteiger partial charge >= 0.3 is 11.9 Å². The number of rotatable bonds is 9. The molecule has 4 rings (SSSR count). The molecule has 0 spiro atoms. The first-order chi connectivity index (χ1) is 17.8. The maximum Gasteiger partial charge on any atom is 0.333 e. The van der Waals surface area contributed by atoms with Crippen molar-refractivity contribution in [1.82, 2.24) is 5.32 Å². The molecule has 0 saturated heterocycles. The van der Waals surface area contributed by atoms with Gasteiger partial charge < -0.3 is 15.5 Å². The Morgan fingerprint density at radius 2 is 1.54 bits per heavy atom. The van der Waals surface area contributed by atoms with Crippen LogP contribution in [0.15, 0.2) is 96.2 Å². The lowest BCUT2D eigenvalue weighted by molar-refractivity contribution is -0.154.